The largest absolute Gasteiger partial charge is 0.496 e. The smallest absolute Gasteiger partial charge is 0.265 e. The van der Waals surface area contributed by atoms with Crippen LogP contribution in [0.1, 0.15) is 31.1 Å². The van der Waals surface area contributed by atoms with Crippen LogP contribution in [-0.2, 0) is 9.53 Å². The number of hydrogen-bond donors (Lipinski definition) is 2. The number of rotatable bonds is 4. The number of amides is 2. The lowest BCUT2D eigenvalue weighted by Gasteiger charge is -2.19. The van der Waals surface area contributed by atoms with Crippen LogP contribution in [0.25, 0.3) is 0 Å². The Hall–Kier alpha value is -1.66. The Kier molecular flexibility index (Phi) is 5.96. The molecular formula is C16H19ClN2O3S. The molecule has 1 heterocycles. The van der Waals surface area contributed by atoms with Gasteiger partial charge in [-0.15, -0.1) is 11.8 Å². The maximum absolute atomic E-state index is 12.4. The molecule has 5 nitrogen and oxygen atoms in total. The Morgan fingerprint density at radius 3 is 2.70 bits per heavy atom. The van der Waals surface area contributed by atoms with Crippen LogP contribution in [-0.4, -0.2) is 30.2 Å². The third-order valence-corrected chi connectivity index (χ3v) is 4.44. The summed E-state index contributed by atoms with van der Waals surface area (Å²) in [5.41, 5.74) is 0.753. The minimum absolute atomic E-state index is 0.0164. The zero-order chi connectivity index (χ0) is 17.0. The zero-order valence-electron chi connectivity index (χ0n) is 13.2. The van der Waals surface area contributed by atoms with Gasteiger partial charge in [-0.1, -0.05) is 11.6 Å². The Morgan fingerprint density at radius 1 is 1.30 bits per heavy atom. The van der Waals surface area contributed by atoms with E-state index in [1.165, 1.54) is 11.8 Å². The van der Waals surface area contributed by atoms with Crippen molar-refractivity contribution < 1.29 is 14.3 Å². The molecule has 0 aromatic heterocycles. The molecule has 0 unspecified atom stereocenters. The highest BCUT2D eigenvalue weighted by molar-refractivity contribution is 8.04. The molecule has 2 N–H and O–H groups in total. The summed E-state index contributed by atoms with van der Waals surface area (Å²) >= 11 is 7.42. The van der Waals surface area contributed by atoms with Gasteiger partial charge in [0.2, 0.25) is 0 Å². The van der Waals surface area contributed by atoms with Crippen molar-refractivity contribution in [1.29, 1.82) is 0 Å². The standard InChI is InChI=1S/C16H19ClN2O3S/c1-9(2)18-15(20)12-8-11(17)4-5-13(12)19-16(21)14-10(3)22-6-7-23-14/h4-5,8-9H,6-7H2,1-3H3,(H,18,20)(H,19,21). The Bertz CT molecular complexity index is 659. The van der Waals surface area contributed by atoms with Gasteiger partial charge in [0.15, 0.2) is 0 Å². The summed E-state index contributed by atoms with van der Waals surface area (Å²) < 4.78 is 5.40. The predicted molar refractivity (Wildman–Crippen MR) is 93.8 cm³/mol. The first kappa shape index (κ1) is 17.7. The summed E-state index contributed by atoms with van der Waals surface area (Å²) in [5.74, 6) is 0.756. The number of ether oxygens (including phenoxy) is 1. The van der Waals surface area contributed by atoms with Crippen molar-refractivity contribution in [3.63, 3.8) is 0 Å². The van der Waals surface area contributed by atoms with E-state index in [-0.39, 0.29) is 17.9 Å². The quantitative estimate of drug-likeness (QED) is 0.869. The van der Waals surface area contributed by atoms with E-state index in [0.717, 1.165) is 5.75 Å². The van der Waals surface area contributed by atoms with Crippen LogP contribution in [0.2, 0.25) is 5.02 Å². The SMILES string of the molecule is CC1=C(C(=O)Nc2ccc(Cl)cc2C(=O)NC(C)C)SCCO1. The first-order valence-corrected chi connectivity index (χ1v) is 8.63. The monoisotopic (exact) mass is 354 g/mol. The van der Waals surface area contributed by atoms with Crippen LogP contribution in [0.4, 0.5) is 5.69 Å². The zero-order valence-corrected chi connectivity index (χ0v) is 14.8. The number of anilines is 1. The number of allylic oxidation sites excluding steroid dienone is 1. The summed E-state index contributed by atoms with van der Waals surface area (Å²) in [6.45, 7) is 6.08. The maximum atomic E-state index is 12.4. The van der Waals surface area contributed by atoms with E-state index in [2.05, 4.69) is 10.6 Å². The number of carbonyl (C=O) groups excluding carboxylic acids is 2. The van der Waals surface area contributed by atoms with Gasteiger partial charge in [-0.25, -0.2) is 0 Å². The lowest BCUT2D eigenvalue weighted by atomic mass is 10.1. The Morgan fingerprint density at radius 2 is 2.04 bits per heavy atom. The molecule has 0 fully saturated rings. The van der Waals surface area contributed by atoms with Crippen LogP contribution in [0, 0.1) is 0 Å². The lowest BCUT2D eigenvalue weighted by Crippen LogP contribution is -2.31. The molecule has 1 aromatic carbocycles. The highest BCUT2D eigenvalue weighted by atomic mass is 35.5. The van der Waals surface area contributed by atoms with Crippen molar-refractivity contribution in [3.8, 4) is 0 Å². The lowest BCUT2D eigenvalue weighted by molar-refractivity contribution is -0.112. The van der Waals surface area contributed by atoms with Crippen molar-refractivity contribution in [2.24, 2.45) is 0 Å². The Balaban J connectivity index is 2.25. The van der Waals surface area contributed by atoms with Crippen molar-refractivity contribution in [3.05, 3.63) is 39.4 Å². The minimum atomic E-state index is -0.284. The van der Waals surface area contributed by atoms with E-state index in [1.54, 1.807) is 25.1 Å². The van der Waals surface area contributed by atoms with Crippen molar-refractivity contribution in [2.75, 3.05) is 17.7 Å². The molecule has 7 heteroatoms. The molecule has 1 aliphatic rings. The van der Waals surface area contributed by atoms with Gasteiger partial charge in [-0.05, 0) is 39.0 Å². The third kappa shape index (κ3) is 4.65. The van der Waals surface area contributed by atoms with Gasteiger partial charge in [0.1, 0.15) is 10.7 Å². The average Bonchev–Trinajstić information content (AvgIpc) is 2.48. The summed E-state index contributed by atoms with van der Waals surface area (Å²) in [6.07, 6.45) is 0. The number of nitrogens with one attached hydrogen (secondary N) is 2. The Labute approximate surface area is 144 Å². The fraction of sp³-hybridized carbons (Fsp3) is 0.375. The van der Waals surface area contributed by atoms with E-state index in [4.69, 9.17) is 16.3 Å². The van der Waals surface area contributed by atoms with E-state index >= 15 is 0 Å². The topological polar surface area (TPSA) is 67.4 Å². The normalized spacial score (nSPS) is 14.5. The molecule has 0 saturated carbocycles. The number of benzene rings is 1. The van der Waals surface area contributed by atoms with Crippen LogP contribution < -0.4 is 10.6 Å². The van der Waals surface area contributed by atoms with Crippen molar-refractivity contribution in [1.82, 2.24) is 5.32 Å². The molecule has 124 valence electrons. The summed E-state index contributed by atoms with van der Waals surface area (Å²) in [6, 6.07) is 4.78. The second-order valence-electron chi connectivity index (χ2n) is 5.35. The molecule has 1 aliphatic heterocycles. The molecule has 0 saturated heterocycles. The molecule has 23 heavy (non-hydrogen) atoms. The summed E-state index contributed by atoms with van der Waals surface area (Å²) in [7, 11) is 0. The van der Waals surface area contributed by atoms with E-state index in [0.29, 0.717) is 33.5 Å². The van der Waals surface area contributed by atoms with Crippen LogP contribution in [0.5, 0.6) is 0 Å². The van der Waals surface area contributed by atoms with Crippen LogP contribution in [0.15, 0.2) is 28.9 Å². The van der Waals surface area contributed by atoms with Crippen molar-refractivity contribution >= 4 is 40.9 Å². The first-order chi connectivity index (χ1) is 10.9. The highest BCUT2D eigenvalue weighted by Gasteiger charge is 2.21. The van der Waals surface area contributed by atoms with E-state index < -0.39 is 0 Å². The van der Waals surface area contributed by atoms with Gasteiger partial charge in [0.05, 0.1) is 17.9 Å². The summed E-state index contributed by atoms with van der Waals surface area (Å²) in [4.78, 5) is 25.2. The fourth-order valence-electron chi connectivity index (χ4n) is 2.06. The predicted octanol–water partition coefficient (Wildman–Crippen LogP) is 3.41. The highest BCUT2D eigenvalue weighted by Crippen LogP contribution is 2.28. The van der Waals surface area contributed by atoms with E-state index in [9.17, 15) is 9.59 Å². The van der Waals surface area contributed by atoms with Gasteiger partial charge in [0, 0.05) is 16.8 Å². The van der Waals surface area contributed by atoms with Gasteiger partial charge in [0.25, 0.3) is 11.8 Å². The number of halogens is 1. The van der Waals surface area contributed by atoms with Gasteiger partial charge >= 0.3 is 0 Å². The number of carbonyl (C=O) groups is 2. The molecule has 0 aliphatic carbocycles. The van der Waals surface area contributed by atoms with Gasteiger partial charge < -0.3 is 15.4 Å². The molecule has 2 amide bonds. The second-order valence-corrected chi connectivity index (χ2v) is 6.90. The minimum Gasteiger partial charge on any atom is -0.496 e. The van der Waals surface area contributed by atoms with Crippen LogP contribution >= 0.6 is 23.4 Å². The third-order valence-electron chi connectivity index (χ3n) is 3.07. The van der Waals surface area contributed by atoms with Gasteiger partial charge in [-0.3, -0.25) is 9.59 Å². The first-order valence-electron chi connectivity index (χ1n) is 7.26. The van der Waals surface area contributed by atoms with Crippen LogP contribution in [0.3, 0.4) is 0 Å². The summed E-state index contributed by atoms with van der Waals surface area (Å²) in [5, 5.41) is 6.01. The van der Waals surface area contributed by atoms with E-state index in [1.807, 2.05) is 13.8 Å². The molecule has 0 atom stereocenters. The molecular weight excluding hydrogens is 336 g/mol. The van der Waals surface area contributed by atoms with Crippen molar-refractivity contribution in [2.45, 2.75) is 26.8 Å². The molecule has 1 aromatic rings. The second kappa shape index (κ2) is 7.75. The molecule has 0 spiro atoms. The molecule has 0 bridgehead atoms. The molecule has 0 radical (unpaired) electrons. The number of thioether (sulfide) groups is 1. The van der Waals surface area contributed by atoms with Gasteiger partial charge in [-0.2, -0.15) is 0 Å². The maximum Gasteiger partial charge on any atom is 0.265 e. The number of hydrogen-bond acceptors (Lipinski definition) is 4. The average molecular weight is 355 g/mol. The fourth-order valence-corrected chi connectivity index (χ4v) is 3.05. The molecule has 2 rings (SSSR count).